The number of hydrogen-bond acceptors (Lipinski definition) is 4. The zero-order valence-electron chi connectivity index (χ0n) is 14.4. The molecule has 132 valence electrons. The van der Waals surface area contributed by atoms with Crippen molar-refractivity contribution in [3.05, 3.63) is 32.6 Å². The topological polar surface area (TPSA) is 89.3 Å². The van der Waals surface area contributed by atoms with E-state index in [1.54, 1.807) is 4.90 Å². The second-order valence-electron chi connectivity index (χ2n) is 7.36. The Morgan fingerprint density at radius 2 is 2.00 bits per heavy atom. The summed E-state index contributed by atoms with van der Waals surface area (Å²) < 4.78 is 0. The molecule has 1 saturated carbocycles. The molecule has 0 radical (unpaired) electrons. The van der Waals surface area contributed by atoms with Gasteiger partial charge in [0.05, 0.1) is 0 Å². The van der Waals surface area contributed by atoms with Crippen molar-refractivity contribution in [2.24, 2.45) is 11.8 Å². The normalized spacial score (nSPS) is 22.6. The summed E-state index contributed by atoms with van der Waals surface area (Å²) in [5, 5.41) is 0. The average molecular weight is 334 g/mol. The Morgan fingerprint density at radius 1 is 1.25 bits per heavy atom. The lowest BCUT2D eigenvalue weighted by Crippen LogP contribution is -2.47. The van der Waals surface area contributed by atoms with E-state index in [9.17, 15) is 14.4 Å². The van der Waals surface area contributed by atoms with Crippen LogP contribution >= 0.6 is 0 Å². The molecule has 1 aliphatic heterocycles. The molecule has 1 atom stereocenters. The van der Waals surface area contributed by atoms with Crippen LogP contribution in [-0.4, -0.2) is 57.9 Å². The van der Waals surface area contributed by atoms with Crippen LogP contribution in [0.3, 0.4) is 0 Å². The van der Waals surface area contributed by atoms with Crippen LogP contribution in [-0.2, 0) is 0 Å². The molecular weight excluding hydrogens is 308 g/mol. The van der Waals surface area contributed by atoms with Crippen LogP contribution in [0.1, 0.15) is 43.6 Å². The summed E-state index contributed by atoms with van der Waals surface area (Å²) in [6.07, 6.45) is 3.55. The fourth-order valence-corrected chi connectivity index (χ4v) is 3.49. The molecule has 24 heavy (non-hydrogen) atoms. The maximum Gasteiger partial charge on any atom is 0.326 e. The third kappa shape index (κ3) is 3.95. The number of aromatic amines is 2. The maximum atomic E-state index is 12.8. The van der Waals surface area contributed by atoms with Crippen molar-refractivity contribution < 1.29 is 4.79 Å². The van der Waals surface area contributed by atoms with Crippen LogP contribution in [0.25, 0.3) is 0 Å². The highest BCUT2D eigenvalue weighted by atomic mass is 16.2. The van der Waals surface area contributed by atoms with E-state index < -0.39 is 11.2 Å². The molecule has 1 aromatic heterocycles. The van der Waals surface area contributed by atoms with Crippen molar-refractivity contribution in [2.75, 3.05) is 26.2 Å². The predicted octanol–water partition coefficient (Wildman–Crippen LogP) is 0.646. The summed E-state index contributed by atoms with van der Waals surface area (Å²) in [7, 11) is 0. The molecule has 0 aromatic carbocycles. The first-order valence-electron chi connectivity index (χ1n) is 8.81. The smallest absolute Gasteiger partial charge is 0.326 e. The number of aromatic nitrogens is 2. The first-order chi connectivity index (χ1) is 11.4. The van der Waals surface area contributed by atoms with Gasteiger partial charge in [-0.15, -0.1) is 0 Å². The van der Waals surface area contributed by atoms with Gasteiger partial charge in [0.1, 0.15) is 5.69 Å². The molecule has 2 aliphatic rings. The molecule has 2 heterocycles. The van der Waals surface area contributed by atoms with Gasteiger partial charge in [0.25, 0.3) is 11.5 Å². The van der Waals surface area contributed by atoms with E-state index in [-0.39, 0.29) is 11.6 Å². The number of nitrogens with zero attached hydrogens (tertiary/aromatic N) is 2. The zero-order valence-corrected chi connectivity index (χ0v) is 14.4. The Balaban J connectivity index is 1.78. The molecule has 0 spiro atoms. The molecule has 0 bridgehead atoms. The van der Waals surface area contributed by atoms with Crippen LogP contribution in [0.4, 0.5) is 0 Å². The van der Waals surface area contributed by atoms with E-state index in [0.29, 0.717) is 25.0 Å². The lowest BCUT2D eigenvalue weighted by molar-refractivity contribution is 0.0698. The number of rotatable bonds is 4. The van der Waals surface area contributed by atoms with E-state index in [1.807, 2.05) is 0 Å². The van der Waals surface area contributed by atoms with Crippen molar-refractivity contribution in [2.45, 2.75) is 39.2 Å². The van der Waals surface area contributed by atoms with Crippen molar-refractivity contribution in [1.82, 2.24) is 19.8 Å². The van der Waals surface area contributed by atoms with Crippen molar-refractivity contribution in [1.29, 1.82) is 0 Å². The summed E-state index contributed by atoms with van der Waals surface area (Å²) in [5.74, 6) is 0.991. The van der Waals surface area contributed by atoms with Gasteiger partial charge >= 0.3 is 5.69 Å². The van der Waals surface area contributed by atoms with Crippen molar-refractivity contribution in [3.8, 4) is 0 Å². The van der Waals surface area contributed by atoms with Crippen LogP contribution in [0.5, 0.6) is 0 Å². The highest BCUT2D eigenvalue weighted by Gasteiger charge is 2.33. The second-order valence-corrected chi connectivity index (χ2v) is 7.36. The van der Waals surface area contributed by atoms with Gasteiger partial charge in [0.15, 0.2) is 0 Å². The number of carbonyl (C=O) groups is 1. The minimum atomic E-state index is -0.642. The lowest BCUT2D eigenvalue weighted by atomic mass is 10.0. The minimum absolute atomic E-state index is 0.0712. The van der Waals surface area contributed by atoms with Crippen molar-refractivity contribution in [3.63, 3.8) is 0 Å². The maximum absolute atomic E-state index is 12.8. The molecular formula is C17H26N4O3. The van der Waals surface area contributed by atoms with E-state index in [0.717, 1.165) is 25.4 Å². The quantitative estimate of drug-likeness (QED) is 0.846. The Kier molecular flexibility index (Phi) is 4.89. The summed E-state index contributed by atoms with van der Waals surface area (Å²) in [4.78, 5) is 44.5. The Labute approximate surface area is 141 Å². The van der Waals surface area contributed by atoms with Gasteiger partial charge < -0.3 is 9.88 Å². The summed E-state index contributed by atoms with van der Waals surface area (Å²) in [5.41, 5.74) is -1.12. The van der Waals surface area contributed by atoms with Gasteiger partial charge in [-0.3, -0.25) is 19.5 Å². The zero-order chi connectivity index (χ0) is 17.3. The van der Waals surface area contributed by atoms with Crippen LogP contribution < -0.4 is 11.2 Å². The van der Waals surface area contributed by atoms with Gasteiger partial charge in [-0.05, 0) is 31.1 Å². The van der Waals surface area contributed by atoms with Crippen LogP contribution in [0.2, 0.25) is 0 Å². The summed E-state index contributed by atoms with van der Waals surface area (Å²) in [6, 6.07) is 1.48. The molecule has 1 saturated heterocycles. The van der Waals surface area contributed by atoms with E-state index in [4.69, 9.17) is 0 Å². The third-order valence-electron chi connectivity index (χ3n) is 4.99. The SMILES string of the molecule is CC(C)[C@H]1CN(C(=O)c2cc(=O)[nH]c(=O)[nH]2)CCCN1CC1CC1. The number of hydrogen-bond donors (Lipinski definition) is 2. The Bertz CT molecular complexity index is 676. The van der Waals surface area contributed by atoms with Gasteiger partial charge in [-0.2, -0.15) is 0 Å². The number of carbonyl (C=O) groups excluding carboxylic acids is 1. The standard InChI is InChI=1S/C17H26N4O3/c1-11(2)14-10-21(7-3-6-20(14)9-12-4-5-12)16(23)13-8-15(22)19-17(24)18-13/h8,11-12,14H,3-7,9-10H2,1-2H3,(H2,18,19,22,24)/t14-/m1/s1. The second kappa shape index (κ2) is 6.93. The molecule has 2 fully saturated rings. The number of nitrogens with one attached hydrogen (secondary N) is 2. The van der Waals surface area contributed by atoms with Gasteiger partial charge in [0.2, 0.25) is 0 Å². The van der Waals surface area contributed by atoms with E-state index in [2.05, 4.69) is 28.7 Å². The molecule has 1 aromatic rings. The molecule has 1 amide bonds. The van der Waals surface area contributed by atoms with Gasteiger partial charge in [-0.1, -0.05) is 13.8 Å². The van der Waals surface area contributed by atoms with Gasteiger partial charge in [0, 0.05) is 38.3 Å². The van der Waals surface area contributed by atoms with Crippen molar-refractivity contribution >= 4 is 5.91 Å². The molecule has 1 aliphatic carbocycles. The fraction of sp³-hybridized carbons (Fsp3) is 0.706. The highest BCUT2D eigenvalue weighted by Crippen LogP contribution is 2.31. The number of amides is 1. The first kappa shape index (κ1) is 17.0. The van der Waals surface area contributed by atoms with E-state index in [1.165, 1.54) is 18.9 Å². The Hall–Kier alpha value is -1.89. The highest BCUT2D eigenvalue weighted by molar-refractivity contribution is 5.92. The number of H-pyrrole nitrogens is 2. The van der Waals surface area contributed by atoms with Crippen LogP contribution in [0, 0.1) is 11.8 Å². The largest absolute Gasteiger partial charge is 0.336 e. The minimum Gasteiger partial charge on any atom is -0.336 e. The fourth-order valence-electron chi connectivity index (χ4n) is 3.49. The summed E-state index contributed by atoms with van der Waals surface area (Å²) >= 11 is 0. The molecule has 3 rings (SSSR count). The van der Waals surface area contributed by atoms with E-state index >= 15 is 0 Å². The predicted molar refractivity (Wildman–Crippen MR) is 91.1 cm³/mol. The molecule has 0 unspecified atom stereocenters. The molecule has 7 nitrogen and oxygen atoms in total. The Morgan fingerprint density at radius 3 is 2.62 bits per heavy atom. The molecule has 2 N–H and O–H groups in total. The van der Waals surface area contributed by atoms with Crippen LogP contribution in [0.15, 0.2) is 15.7 Å². The lowest BCUT2D eigenvalue weighted by Gasteiger charge is -2.34. The average Bonchev–Trinajstić information content (AvgIpc) is 3.33. The van der Waals surface area contributed by atoms with Gasteiger partial charge in [-0.25, -0.2) is 4.79 Å². The monoisotopic (exact) mass is 334 g/mol. The summed E-state index contributed by atoms with van der Waals surface area (Å²) in [6.45, 7) is 7.78. The first-order valence-corrected chi connectivity index (χ1v) is 8.81. The molecule has 7 heteroatoms. The third-order valence-corrected chi connectivity index (χ3v) is 4.99.